The maximum Gasteiger partial charge on any atom is 0.416 e. The smallest absolute Gasteiger partial charge is 0.416 e. The van der Waals surface area contributed by atoms with Crippen LogP contribution in [0.5, 0.6) is 6.01 Å². The molecule has 228 valence electrons. The monoisotopic (exact) mass is 620 g/mol. The zero-order valence-corrected chi connectivity index (χ0v) is 23.0. The van der Waals surface area contributed by atoms with Crippen molar-refractivity contribution in [2.75, 3.05) is 46.5 Å². The van der Waals surface area contributed by atoms with Crippen molar-refractivity contribution in [3.8, 4) is 17.1 Å². The highest BCUT2D eigenvalue weighted by molar-refractivity contribution is 6.33. The highest BCUT2D eigenvalue weighted by Crippen LogP contribution is 2.36. The molecule has 4 rings (SSSR count). The van der Waals surface area contributed by atoms with Gasteiger partial charge in [-0.1, -0.05) is 29.8 Å². The van der Waals surface area contributed by atoms with Crippen LogP contribution in [0.1, 0.15) is 27.2 Å². The van der Waals surface area contributed by atoms with Crippen LogP contribution >= 0.6 is 11.6 Å². The Morgan fingerprint density at radius 1 is 1.05 bits per heavy atom. The van der Waals surface area contributed by atoms with Crippen LogP contribution in [0.4, 0.5) is 26.3 Å². The first-order valence-corrected chi connectivity index (χ1v) is 12.9. The van der Waals surface area contributed by atoms with Crippen molar-refractivity contribution in [3.63, 3.8) is 0 Å². The lowest BCUT2D eigenvalue weighted by atomic mass is 10.0. The molecule has 0 bridgehead atoms. The first-order chi connectivity index (χ1) is 19.8. The van der Waals surface area contributed by atoms with Gasteiger partial charge < -0.3 is 19.9 Å². The van der Waals surface area contributed by atoms with Gasteiger partial charge in [0.25, 0.3) is 0 Å². The molecule has 0 unspecified atom stereocenters. The topological polar surface area (TPSA) is 96.8 Å². The minimum atomic E-state index is -4.79. The van der Waals surface area contributed by atoms with Crippen LogP contribution < -0.4 is 10.1 Å². The van der Waals surface area contributed by atoms with Gasteiger partial charge in [0.05, 0.1) is 24.3 Å². The minimum Gasteiger partial charge on any atom is -0.476 e. The number of aromatic nitrogens is 2. The van der Waals surface area contributed by atoms with Crippen molar-refractivity contribution in [3.05, 3.63) is 76.1 Å². The second-order valence-corrected chi connectivity index (χ2v) is 9.35. The average Bonchev–Trinajstić information content (AvgIpc) is 2.93. The maximum absolute atomic E-state index is 12.4. The molecular weight excluding hydrogens is 594 g/mol. The fraction of sp³-hybridized carbons (Fsp3) is 0.370. The first kappa shape index (κ1) is 33.0. The summed E-state index contributed by atoms with van der Waals surface area (Å²) in [5.41, 5.74) is -1.85. The number of carbonyl (C=O) groups is 1. The van der Waals surface area contributed by atoms with E-state index in [1.54, 1.807) is 24.3 Å². The summed E-state index contributed by atoms with van der Waals surface area (Å²) in [5, 5.41) is 12.4. The zero-order valence-electron chi connectivity index (χ0n) is 22.2. The summed E-state index contributed by atoms with van der Waals surface area (Å²) in [5.74, 6) is -1.16. The Labute approximate surface area is 242 Å². The number of alkyl halides is 6. The van der Waals surface area contributed by atoms with E-state index >= 15 is 0 Å². The van der Waals surface area contributed by atoms with E-state index in [2.05, 4.69) is 20.2 Å². The van der Waals surface area contributed by atoms with Crippen molar-refractivity contribution in [2.45, 2.75) is 18.9 Å². The first-order valence-electron chi connectivity index (χ1n) is 12.5. The Bertz CT molecular complexity index is 1320. The molecule has 1 saturated heterocycles. The standard InChI is InChI=1S/C17H18ClN3O4.C10H9F6N/c18-14-4-2-1-3-12(14)13-11-19-17(20-15(13)16(22)23)25-10-7-21-5-8-24-9-6-21;1-17-5-6-2-7(9(11,12)13)4-8(3-6)10(14,15)16/h1-4,11H,5-10H2,(H,22,23);2-4,17H,5H2,1H3. The molecule has 2 aromatic carbocycles. The van der Waals surface area contributed by atoms with Crippen molar-refractivity contribution >= 4 is 17.6 Å². The molecule has 42 heavy (non-hydrogen) atoms. The predicted molar refractivity (Wildman–Crippen MR) is 141 cm³/mol. The number of aromatic carboxylic acids is 1. The number of carboxylic acids is 1. The number of hydrogen-bond acceptors (Lipinski definition) is 7. The van der Waals surface area contributed by atoms with Crippen LogP contribution in [0.25, 0.3) is 11.1 Å². The van der Waals surface area contributed by atoms with E-state index in [4.69, 9.17) is 21.1 Å². The van der Waals surface area contributed by atoms with Crippen molar-refractivity contribution in [1.82, 2.24) is 20.2 Å². The number of nitrogens with one attached hydrogen (secondary N) is 1. The van der Waals surface area contributed by atoms with E-state index in [9.17, 15) is 36.2 Å². The SMILES string of the molecule is CNCc1cc(C(F)(F)F)cc(C(F)(F)F)c1.O=C(O)c1nc(OCCN2CCOCC2)ncc1-c1ccccc1Cl. The Kier molecular flexibility index (Phi) is 11.5. The fourth-order valence-corrected chi connectivity index (χ4v) is 4.13. The number of hydrogen-bond donors (Lipinski definition) is 2. The highest BCUT2D eigenvalue weighted by atomic mass is 35.5. The van der Waals surface area contributed by atoms with Crippen molar-refractivity contribution in [2.24, 2.45) is 0 Å². The molecule has 1 fully saturated rings. The Morgan fingerprint density at radius 3 is 2.21 bits per heavy atom. The summed E-state index contributed by atoms with van der Waals surface area (Å²) in [7, 11) is 1.44. The second kappa shape index (κ2) is 14.6. The van der Waals surface area contributed by atoms with Gasteiger partial charge in [0.2, 0.25) is 0 Å². The normalized spacial score (nSPS) is 14.2. The Balaban J connectivity index is 0.000000250. The largest absolute Gasteiger partial charge is 0.476 e. The number of carboxylic acid groups (broad SMARTS) is 1. The molecule has 0 saturated carbocycles. The molecule has 2 N–H and O–H groups in total. The van der Waals surface area contributed by atoms with Gasteiger partial charge >= 0.3 is 24.3 Å². The summed E-state index contributed by atoms with van der Waals surface area (Å²) < 4.78 is 85.1. The van der Waals surface area contributed by atoms with Gasteiger partial charge in [0.15, 0.2) is 5.69 Å². The van der Waals surface area contributed by atoms with Gasteiger partial charge in [0.1, 0.15) is 6.61 Å². The lowest BCUT2D eigenvalue weighted by molar-refractivity contribution is -0.143. The molecule has 1 aliphatic heterocycles. The lowest BCUT2D eigenvalue weighted by Gasteiger charge is -2.26. The third-order valence-corrected chi connectivity index (χ3v) is 6.23. The third-order valence-electron chi connectivity index (χ3n) is 5.90. The fourth-order valence-electron chi connectivity index (χ4n) is 3.89. The molecule has 0 radical (unpaired) electrons. The van der Waals surface area contributed by atoms with Crippen molar-refractivity contribution in [1.29, 1.82) is 0 Å². The van der Waals surface area contributed by atoms with Gasteiger partial charge in [-0.3, -0.25) is 4.90 Å². The summed E-state index contributed by atoms with van der Waals surface area (Å²) in [6, 6.07) is 8.52. The van der Waals surface area contributed by atoms with E-state index < -0.39 is 29.4 Å². The molecule has 0 spiro atoms. The third kappa shape index (κ3) is 9.54. The number of rotatable bonds is 8. The number of halogens is 7. The molecule has 15 heteroatoms. The molecule has 0 atom stereocenters. The van der Waals surface area contributed by atoms with Crippen LogP contribution in [0.15, 0.2) is 48.7 Å². The Hall–Kier alpha value is -3.46. The molecule has 0 aliphatic carbocycles. The Morgan fingerprint density at radius 2 is 1.67 bits per heavy atom. The molecule has 3 aromatic rings. The molecule has 0 amide bonds. The molecule has 1 aliphatic rings. The second-order valence-electron chi connectivity index (χ2n) is 8.95. The number of benzene rings is 2. The van der Waals surface area contributed by atoms with E-state index in [0.29, 0.717) is 54.6 Å². The molecular formula is C27H27ClF6N4O4. The van der Waals surface area contributed by atoms with Gasteiger partial charge in [0, 0.05) is 48.5 Å². The van der Waals surface area contributed by atoms with Crippen LogP contribution in [-0.2, 0) is 23.6 Å². The molecule has 8 nitrogen and oxygen atoms in total. The summed E-state index contributed by atoms with van der Waals surface area (Å²) in [6.07, 6.45) is -8.14. The van der Waals surface area contributed by atoms with Gasteiger partial charge in [-0.25, -0.2) is 9.78 Å². The minimum absolute atomic E-state index is 0.0430. The van der Waals surface area contributed by atoms with E-state index in [-0.39, 0.29) is 29.9 Å². The molecule has 1 aromatic heterocycles. The van der Waals surface area contributed by atoms with Gasteiger partial charge in [-0.2, -0.15) is 31.3 Å². The predicted octanol–water partition coefficient (Wildman–Crippen LogP) is 5.65. The van der Waals surface area contributed by atoms with Gasteiger partial charge in [-0.05, 0) is 36.9 Å². The average molecular weight is 621 g/mol. The highest BCUT2D eigenvalue weighted by Gasteiger charge is 2.36. The zero-order chi connectivity index (χ0) is 30.9. The quantitative estimate of drug-likeness (QED) is 0.312. The number of morpholine rings is 1. The van der Waals surface area contributed by atoms with Crippen LogP contribution in [0.3, 0.4) is 0 Å². The van der Waals surface area contributed by atoms with Crippen LogP contribution in [0, 0.1) is 0 Å². The van der Waals surface area contributed by atoms with Gasteiger partial charge in [-0.15, -0.1) is 0 Å². The van der Waals surface area contributed by atoms with E-state index in [0.717, 1.165) is 13.1 Å². The summed E-state index contributed by atoms with van der Waals surface area (Å²) in [4.78, 5) is 21.9. The maximum atomic E-state index is 12.4. The number of nitrogens with zero attached hydrogens (tertiary/aromatic N) is 3. The van der Waals surface area contributed by atoms with E-state index in [1.807, 2.05) is 0 Å². The summed E-state index contributed by atoms with van der Waals surface area (Å²) in [6.45, 7) is 4.17. The molecule has 2 heterocycles. The van der Waals surface area contributed by atoms with E-state index in [1.165, 1.54) is 13.2 Å². The van der Waals surface area contributed by atoms with Crippen LogP contribution in [0.2, 0.25) is 5.02 Å². The van der Waals surface area contributed by atoms with Crippen LogP contribution in [-0.4, -0.2) is 72.4 Å². The van der Waals surface area contributed by atoms with Crippen molar-refractivity contribution < 1.29 is 45.7 Å². The lowest BCUT2D eigenvalue weighted by Crippen LogP contribution is -2.38. The summed E-state index contributed by atoms with van der Waals surface area (Å²) >= 11 is 6.15. The number of ether oxygens (including phenoxy) is 2.